The first-order valence-electron chi connectivity index (χ1n) is 7.54. The van der Waals surface area contributed by atoms with Gasteiger partial charge >= 0.3 is 6.09 Å². The number of amides is 1. The quantitative estimate of drug-likeness (QED) is 0.855. The number of thiazole rings is 1. The van der Waals surface area contributed by atoms with E-state index < -0.39 is 0 Å². The van der Waals surface area contributed by atoms with Crippen LogP contribution in [0.15, 0.2) is 9.98 Å². The van der Waals surface area contributed by atoms with Crippen LogP contribution in [0.2, 0.25) is 0 Å². The summed E-state index contributed by atoms with van der Waals surface area (Å²) in [4.78, 5) is 16.5. The van der Waals surface area contributed by atoms with E-state index >= 15 is 0 Å². The number of halogens is 1. The molecular formula is C15H21BrN2O2S. The SMILES string of the molecule is CC(C)NC(=O)OC12CCC(c3ncc(Br)s3)(CC1)CC2. The fourth-order valence-corrected chi connectivity index (χ4v) is 5.07. The molecule has 0 spiro atoms. The smallest absolute Gasteiger partial charge is 0.407 e. The zero-order chi connectivity index (χ0) is 15.1. The molecule has 1 amide bonds. The predicted octanol–water partition coefficient (Wildman–Crippen LogP) is 4.38. The number of carbonyl (C=O) groups is 1. The molecule has 0 atom stereocenters. The molecule has 0 aliphatic heterocycles. The van der Waals surface area contributed by atoms with Crippen molar-refractivity contribution >= 4 is 33.4 Å². The van der Waals surface area contributed by atoms with Crippen LogP contribution in [0.25, 0.3) is 0 Å². The minimum Gasteiger partial charge on any atom is -0.443 e. The van der Waals surface area contributed by atoms with Gasteiger partial charge in [0.1, 0.15) is 5.60 Å². The van der Waals surface area contributed by atoms with E-state index in [1.807, 2.05) is 20.0 Å². The van der Waals surface area contributed by atoms with Crippen LogP contribution in [0.5, 0.6) is 0 Å². The fraction of sp³-hybridized carbons (Fsp3) is 0.733. The molecule has 3 fully saturated rings. The average molecular weight is 373 g/mol. The second kappa shape index (κ2) is 5.54. The first-order valence-corrected chi connectivity index (χ1v) is 9.15. The van der Waals surface area contributed by atoms with Gasteiger partial charge in [-0.3, -0.25) is 0 Å². The lowest BCUT2D eigenvalue weighted by molar-refractivity contribution is -0.0750. The van der Waals surface area contributed by atoms with Crippen LogP contribution in [-0.4, -0.2) is 22.7 Å². The molecule has 0 unspecified atom stereocenters. The summed E-state index contributed by atoms with van der Waals surface area (Å²) in [6.07, 6.45) is 7.71. The Balaban J connectivity index is 1.67. The van der Waals surface area contributed by atoms with Crippen molar-refractivity contribution in [3.63, 3.8) is 0 Å². The van der Waals surface area contributed by atoms with Gasteiger partial charge in [0.15, 0.2) is 0 Å². The van der Waals surface area contributed by atoms with Gasteiger partial charge in [-0.15, -0.1) is 11.3 Å². The maximum atomic E-state index is 11.9. The lowest BCUT2D eigenvalue weighted by Gasteiger charge is -2.51. The Hall–Kier alpha value is -0.620. The Morgan fingerprint density at radius 3 is 2.43 bits per heavy atom. The molecule has 1 aromatic heterocycles. The third kappa shape index (κ3) is 2.97. The van der Waals surface area contributed by atoms with Crippen LogP contribution < -0.4 is 5.32 Å². The predicted molar refractivity (Wildman–Crippen MR) is 86.7 cm³/mol. The van der Waals surface area contributed by atoms with Crippen molar-refractivity contribution in [3.05, 3.63) is 15.0 Å². The fourth-order valence-electron chi connectivity index (χ4n) is 3.59. The number of carbonyl (C=O) groups excluding carboxylic acids is 1. The maximum Gasteiger partial charge on any atom is 0.407 e. The zero-order valence-corrected chi connectivity index (χ0v) is 14.8. The van der Waals surface area contributed by atoms with E-state index in [4.69, 9.17) is 4.74 Å². The highest BCUT2D eigenvalue weighted by Gasteiger charge is 2.52. The number of alkyl carbamates (subject to hydrolysis) is 1. The topological polar surface area (TPSA) is 51.2 Å². The van der Waals surface area contributed by atoms with Crippen molar-refractivity contribution in [1.82, 2.24) is 10.3 Å². The number of nitrogens with zero attached hydrogens (tertiary/aromatic N) is 1. The van der Waals surface area contributed by atoms with Crippen molar-refractivity contribution < 1.29 is 9.53 Å². The third-order valence-electron chi connectivity index (χ3n) is 4.82. The molecule has 0 radical (unpaired) electrons. The summed E-state index contributed by atoms with van der Waals surface area (Å²) < 4.78 is 6.89. The maximum absolute atomic E-state index is 11.9. The molecule has 0 aromatic carbocycles. The Bertz CT molecular complexity index is 519. The summed E-state index contributed by atoms with van der Waals surface area (Å²) in [7, 11) is 0. The van der Waals surface area contributed by atoms with Gasteiger partial charge in [0.25, 0.3) is 0 Å². The Morgan fingerprint density at radius 2 is 1.95 bits per heavy atom. The molecule has 0 saturated heterocycles. The third-order valence-corrected chi connectivity index (χ3v) is 6.55. The van der Waals surface area contributed by atoms with Crippen molar-refractivity contribution in [2.45, 2.75) is 69.4 Å². The van der Waals surface area contributed by atoms with Crippen LogP contribution in [-0.2, 0) is 10.2 Å². The average Bonchev–Trinajstić information content (AvgIpc) is 2.87. The minimum atomic E-state index is -0.267. The highest BCUT2D eigenvalue weighted by molar-refractivity contribution is 9.11. The van der Waals surface area contributed by atoms with E-state index in [2.05, 4.69) is 26.2 Å². The second-order valence-electron chi connectivity index (χ2n) is 6.62. The number of rotatable bonds is 3. The standard InChI is InChI=1S/C15H21BrN2O2S/c1-10(2)18-13(19)20-15-6-3-14(4-7-15,5-8-15)12-17-9-11(16)21-12/h9-10H,3-8H2,1-2H3,(H,18,19). The summed E-state index contributed by atoms with van der Waals surface area (Å²) in [6, 6.07) is 0.118. The lowest BCUT2D eigenvalue weighted by atomic mass is 9.59. The minimum absolute atomic E-state index is 0.118. The van der Waals surface area contributed by atoms with Gasteiger partial charge in [0.2, 0.25) is 0 Å². The van der Waals surface area contributed by atoms with E-state index in [1.165, 1.54) is 5.01 Å². The van der Waals surface area contributed by atoms with Crippen LogP contribution in [0.4, 0.5) is 4.79 Å². The Kier molecular flexibility index (Phi) is 4.03. The van der Waals surface area contributed by atoms with Gasteiger partial charge in [-0.1, -0.05) is 0 Å². The molecule has 1 aromatic rings. The number of aromatic nitrogens is 1. The van der Waals surface area contributed by atoms with Gasteiger partial charge in [0, 0.05) is 11.5 Å². The number of fused-ring (bicyclic) bond motifs is 3. The monoisotopic (exact) mass is 372 g/mol. The van der Waals surface area contributed by atoms with Crippen LogP contribution in [0, 0.1) is 0 Å². The molecule has 2 bridgehead atoms. The van der Waals surface area contributed by atoms with E-state index in [9.17, 15) is 4.79 Å². The molecule has 21 heavy (non-hydrogen) atoms. The number of ether oxygens (including phenoxy) is 1. The molecule has 6 heteroatoms. The summed E-state index contributed by atoms with van der Waals surface area (Å²) >= 11 is 5.26. The van der Waals surface area contributed by atoms with Crippen LogP contribution in [0.1, 0.15) is 57.4 Å². The second-order valence-corrected chi connectivity index (χ2v) is 9.03. The van der Waals surface area contributed by atoms with Gasteiger partial charge in [0.05, 0.1) is 15.0 Å². The van der Waals surface area contributed by atoms with Crippen LogP contribution >= 0.6 is 27.3 Å². The molecule has 1 heterocycles. The molecular weight excluding hydrogens is 352 g/mol. The van der Waals surface area contributed by atoms with Gasteiger partial charge in [-0.25, -0.2) is 9.78 Å². The first-order chi connectivity index (χ1) is 9.93. The van der Waals surface area contributed by atoms with E-state index in [-0.39, 0.29) is 23.2 Å². The highest BCUT2D eigenvalue weighted by Crippen LogP contribution is 2.55. The first kappa shape index (κ1) is 15.3. The van der Waals surface area contributed by atoms with Crippen molar-refractivity contribution in [3.8, 4) is 0 Å². The van der Waals surface area contributed by atoms with Crippen molar-refractivity contribution in [2.75, 3.05) is 0 Å². The Morgan fingerprint density at radius 1 is 1.33 bits per heavy atom. The number of hydrogen-bond acceptors (Lipinski definition) is 4. The van der Waals surface area contributed by atoms with Gasteiger partial charge < -0.3 is 10.1 Å². The summed E-state index contributed by atoms with van der Waals surface area (Å²) in [5, 5.41) is 4.08. The highest BCUT2D eigenvalue weighted by atomic mass is 79.9. The van der Waals surface area contributed by atoms with Crippen molar-refractivity contribution in [2.24, 2.45) is 0 Å². The van der Waals surface area contributed by atoms with Crippen LogP contribution in [0.3, 0.4) is 0 Å². The van der Waals surface area contributed by atoms with Crippen molar-refractivity contribution in [1.29, 1.82) is 0 Å². The zero-order valence-electron chi connectivity index (χ0n) is 12.4. The molecule has 3 saturated carbocycles. The number of nitrogens with one attached hydrogen (secondary N) is 1. The summed E-state index contributed by atoms with van der Waals surface area (Å²) in [6.45, 7) is 3.90. The van der Waals surface area contributed by atoms with E-state index in [0.717, 1.165) is 42.3 Å². The largest absolute Gasteiger partial charge is 0.443 e. The normalized spacial score (nSPS) is 31.4. The molecule has 4 rings (SSSR count). The summed E-state index contributed by atoms with van der Waals surface area (Å²) in [5.74, 6) is 0. The van der Waals surface area contributed by atoms with E-state index in [1.54, 1.807) is 11.3 Å². The molecule has 3 aliphatic rings. The molecule has 116 valence electrons. The van der Waals surface area contributed by atoms with Gasteiger partial charge in [-0.05, 0) is 68.3 Å². The molecule has 1 N–H and O–H groups in total. The van der Waals surface area contributed by atoms with Gasteiger partial charge in [-0.2, -0.15) is 0 Å². The Labute approximate surface area is 137 Å². The summed E-state index contributed by atoms with van der Waals surface area (Å²) in [5.41, 5.74) is -0.0223. The van der Waals surface area contributed by atoms with E-state index in [0.29, 0.717) is 0 Å². The molecule has 3 aliphatic carbocycles. The lowest BCUT2D eigenvalue weighted by Crippen LogP contribution is -2.52. The number of hydrogen-bond donors (Lipinski definition) is 1. The molecule has 4 nitrogen and oxygen atoms in total.